The first-order valence-electron chi connectivity index (χ1n) is 11.3. The molecule has 0 aliphatic carbocycles. The average molecular weight is 493 g/mol. The Bertz CT molecular complexity index is 1450. The van der Waals surface area contributed by atoms with E-state index in [2.05, 4.69) is 25.4 Å². The third-order valence-electron chi connectivity index (χ3n) is 5.46. The van der Waals surface area contributed by atoms with Crippen molar-refractivity contribution in [2.45, 2.75) is 26.8 Å². The van der Waals surface area contributed by atoms with Gasteiger partial charge in [0.25, 0.3) is 5.56 Å². The van der Waals surface area contributed by atoms with Crippen LogP contribution in [0.3, 0.4) is 0 Å². The predicted octanol–water partition coefficient (Wildman–Crippen LogP) is 3.71. The summed E-state index contributed by atoms with van der Waals surface area (Å²) in [4.78, 5) is 38.3. The third kappa shape index (κ3) is 4.95. The van der Waals surface area contributed by atoms with Crippen LogP contribution in [0.1, 0.15) is 35.3 Å². The van der Waals surface area contributed by atoms with Crippen LogP contribution >= 0.6 is 0 Å². The van der Waals surface area contributed by atoms with Crippen LogP contribution in [0.15, 0.2) is 53.7 Å². The molecule has 4 rings (SSSR count). The molecule has 4 aromatic rings. The summed E-state index contributed by atoms with van der Waals surface area (Å²) in [5.74, 6) is -0.128. The second-order valence-electron chi connectivity index (χ2n) is 7.68. The molecule has 186 valence electrons. The number of hydrogen-bond acceptors (Lipinski definition) is 8. The van der Waals surface area contributed by atoms with E-state index in [9.17, 15) is 14.0 Å². The van der Waals surface area contributed by atoms with Crippen molar-refractivity contribution >= 4 is 17.5 Å². The number of aromatic nitrogens is 5. The first-order chi connectivity index (χ1) is 17.5. The lowest BCUT2D eigenvalue weighted by Gasteiger charge is -2.13. The molecule has 10 nitrogen and oxygen atoms in total. The van der Waals surface area contributed by atoms with E-state index < -0.39 is 11.8 Å². The zero-order valence-electron chi connectivity index (χ0n) is 20.0. The van der Waals surface area contributed by atoms with Gasteiger partial charge in [-0.15, -0.1) is 0 Å². The van der Waals surface area contributed by atoms with Gasteiger partial charge in [-0.1, -0.05) is 25.1 Å². The fourth-order valence-corrected chi connectivity index (χ4v) is 3.68. The van der Waals surface area contributed by atoms with Crippen LogP contribution < -0.4 is 15.6 Å². The molecule has 0 aliphatic heterocycles. The Hall–Kier alpha value is -4.54. The molecule has 3 aromatic heterocycles. The van der Waals surface area contributed by atoms with Gasteiger partial charge >= 0.3 is 5.97 Å². The fourth-order valence-electron chi connectivity index (χ4n) is 3.68. The number of aromatic amines is 1. The lowest BCUT2D eigenvalue weighted by atomic mass is 10.2. The summed E-state index contributed by atoms with van der Waals surface area (Å²) in [6, 6.07) is 7.88. The molecule has 0 saturated heterocycles. The number of carbonyl (C=O) groups excluding carboxylic acids is 1. The van der Waals surface area contributed by atoms with Crippen molar-refractivity contribution in [3.8, 4) is 17.3 Å². The largest absolute Gasteiger partial charge is 0.491 e. The van der Waals surface area contributed by atoms with Crippen LogP contribution in [0, 0.1) is 5.82 Å². The van der Waals surface area contributed by atoms with E-state index >= 15 is 0 Å². The Morgan fingerprint density at radius 1 is 1.19 bits per heavy atom. The van der Waals surface area contributed by atoms with Crippen molar-refractivity contribution in [1.82, 2.24) is 24.7 Å². The number of pyridine rings is 1. The topological polar surface area (TPSA) is 124 Å². The number of anilines is 2. The molecule has 36 heavy (non-hydrogen) atoms. The predicted molar refractivity (Wildman–Crippen MR) is 131 cm³/mol. The summed E-state index contributed by atoms with van der Waals surface area (Å²) in [5.41, 5.74) is 1.58. The number of nitrogens with one attached hydrogen (secondary N) is 2. The van der Waals surface area contributed by atoms with Gasteiger partial charge in [0, 0.05) is 23.5 Å². The van der Waals surface area contributed by atoms with Crippen LogP contribution in [0.25, 0.3) is 11.5 Å². The van der Waals surface area contributed by atoms with E-state index in [-0.39, 0.29) is 35.9 Å². The molecule has 0 atom stereocenters. The molecular weight excluding hydrogens is 467 g/mol. The normalized spacial score (nSPS) is 10.8. The van der Waals surface area contributed by atoms with Gasteiger partial charge in [0.1, 0.15) is 17.1 Å². The minimum atomic E-state index is -0.538. The van der Waals surface area contributed by atoms with Crippen LogP contribution in [-0.2, 0) is 17.7 Å². The highest BCUT2D eigenvalue weighted by Crippen LogP contribution is 2.29. The number of H-pyrrole nitrogens is 1. The van der Waals surface area contributed by atoms with Gasteiger partial charge < -0.3 is 14.8 Å². The number of nitrogens with zero attached hydrogens (tertiary/aromatic N) is 4. The Labute approximate surface area is 206 Å². The number of benzene rings is 1. The van der Waals surface area contributed by atoms with Gasteiger partial charge in [0.2, 0.25) is 0 Å². The summed E-state index contributed by atoms with van der Waals surface area (Å²) < 4.78 is 26.0. The monoisotopic (exact) mass is 492 g/mol. The van der Waals surface area contributed by atoms with Crippen LogP contribution in [0.4, 0.5) is 15.9 Å². The van der Waals surface area contributed by atoms with Gasteiger partial charge in [-0.25, -0.2) is 23.8 Å². The van der Waals surface area contributed by atoms with Gasteiger partial charge in [-0.3, -0.25) is 14.9 Å². The van der Waals surface area contributed by atoms with Gasteiger partial charge in [0.15, 0.2) is 17.4 Å². The number of hydrogen-bond donors (Lipinski definition) is 2. The summed E-state index contributed by atoms with van der Waals surface area (Å²) >= 11 is 0. The maximum atomic E-state index is 14.2. The van der Waals surface area contributed by atoms with Gasteiger partial charge in [0.05, 0.1) is 32.1 Å². The number of carbonyl (C=O) groups is 1. The zero-order chi connectivity index (χ0) is 25.7. The van der Waals surface area contributed by atoms with Crippen molar-refractivity contribution in [2.75, 3.05) is 19.0 Å². The Morgan fingerprint density at radius 2 is 2.00 bits per heavy atom. The lowest BCUT2D eigenvalue weighted by Crippen LogP contribution is -2.20. The summed E-state index contributed by atoms with van der Waals surface area (Å²) in [7, 11) is 1.46. The van der Waals surface area contributed by atoms with Crippen LogP contribution in [0.5, 0.6) is 5.75 Å². The van der Waals surface area contributed by atoms with E-state index in [0.29, 0.717) is 34.7 Å². The highest BCUT2D eigenvalue weighted by atomic mass is 19.1. The molecule has 3 heterocycles. The van der Waals surface area contributed by atoms with Crippen molar-refractivity contribution < 1.29 is 18.7 Å². The minimum Gasteiger partial charge on any atom is -0.491 e. The van der Waals surface area contributed by atoms with Crippen molar-refractivity contribution in [3.63, 3.8) is 0 Å². The SMILES string of the molecule is CCOC(=O)c1cnccc1Nc1nc(-c2[nH]n(Cc3ccccc3F)c(=O)c2CC)ncc1OC. The molecule has 1 aromatic carbocycles. The quantitative estimate of drug-likeness (QED) is 0.339. The van der Waals surface area contributed by atoms with E-state index in [0.717, 1.165) is 0 Å². The number of esters is 1. The number of rotatable bonds is 9. The van der Waals surface area contributed by atoms with Gasteiger partial charge in [-0.2, -0.15) is 0 Å². The average Bonchev–Trinajstić information content (AvgIpc) is 3.20. The highest BCUT2D eigenvalue weighted by Gasteiger charge is 2.20. The Balaban J connectivity index is 1.74. The summed E-state index contributed by atoms with van der Waals surface area (Å²) in [6.07, 6.45) is 4.78. The maximum Gasteiger partial charge on any atom is 0.341 e. The zero-order valence-corrected chi connectivity index (χ0v) is 20.0. The molecule has 0 radical (unpaired) electrons. The van der Waals surface area contributed by atoms with E-state index in [1.54, 1.807) is 31.2 Å². The Kier molecular flexibility index (Phi) is 7.38. The van der Waals surface area contributed by atoms with Gasteiger partial charge in [-0.05, 0) is 25.5 Å². The van der Waals surface area contributed by atoms with Crippen LogP contribution in [-0.4, -0.2) is 44.4 Å². The Morgan fingerprint density at radius 3 is 2.72 bits per heavy atom. The molecule has 2 N–H and O–H groups in total. The highest BCUT2D eigenvalue weighted by molar-refractivity contribution is 5.96. The molecule has 0 amide bonds. The summed E-state index contributed by atoms with van der Waals surface area (Å²) in [6.45, 7) is 3.79. The third-order valence-corrected chi connectivity index (χ3v) is 5.46. The number of ether oxygens (including phenoxy) is 2. The molecule has 0 bridgehead atoms. The maximum absolute atomic E-state index is 14.2. The smallest absolute Gasteiger partial charge is 0.341 e. The van der Waals surface area contributed by atoms with Crippen molar-refractivity contribution in [3.05, 3.63) is 81.8 Å². The second-order valence-corrected chi connectivity index (χ2v) is 7.68. The number of methoxy groups -OCH3 is 1. The first-order valence-corrected chi connectivity index (χ1v) is 11.3. The van der Waals surface area contributed by atoms with E-state index in [1.165, 1.54) is 36.4 Å². The molecule has 0 fully saturated rings. The standard InChI is InChI=1S/C25H25FN6O4/c1-4-16-21(31-32(24(16)33)14-15-8-6-7-9-18(15)26)23-28-13-20(35-3)22(30-23)29-19-10-11-27-12-17(19)25(34)36-5-2/h6-13,31H,4-5,14H2,1-3H3,(H,27,28,29,30). The summed E-state index contributed by atoms with van der Waals surface area (Å²) in [5, 5.41) is 6.11. The fraction of sp³-hybridized carbons (Fsp3) is 0.240. The second kappa shape index (κ2) is 10.8. The number of halogens is 1. The molecule has 0 saturated carbocycles. The first kappa shape index (κ1) is 24.6. The van der Waals surface area contributed by atoms with Crippen LogP contribution in [0.2, 0.25) is 0 Å². The molecule has 0 spiro atoms. The van der Waals surface area contributed by atoms with Crippen molar-refractivity contribution in [1.29, 1.82) is 0 Å². The van der Waals surface area contributed by atoms with E-state index in [1.807, 2.05) is 6.92 Å². The molecular formula is C25H25FN6O4. The molecule has 11 heteroatoms. The van der Waals surface area contributed by atoms with E-state index in [4.69, 9.17) is 9.47 Å². The minimum absolute atomic E-state index is 0.0275. The molecule has 0 unspecified atom stereocenters. The molecule has 0 aliphatic rings. The van der Waals surface area contributed by atoms with Crippen molar-refractivity contribution in [2.24, 2.45) is 0 Å². The lowest BCUT2D eigenvalue weighted by molar-refractivity contribution is 0.0527.